The Bertz CT molecular complexity index is 156. The van der Waals surface area contributed by atoms with Gasteiger partial charge in [0.1, 0.15) is 0 Å². The number of hydrogen-bond donors (Lipinski definition) is 2. The van der Waals surface area contributed by atoms with E-state index in [2.05, 4.69) is 0 Å². The van der Waals surface area contributed by atoms with Gasteiger partial charge in [0.2, 0.25) is 5.91 Å². The molecule has 0 aromatic rings. The molecule has 0 aliphatic heterocycles. The van der Waals surface area contributed by atoms with Crippen LogP contribution in [0.5, 0.6) is 0 Å². The van der Waals surface area contributed by atoms with Gasteiger partial charge >= 0.3 is 0 Å². The van der Waals surface area contributed by atoms with Crippen molar-refractivity contribution >= 4 is 17.5 Å². The van der Waals surface area contributed by atoms with Crippen molar-refractivity contribution in [1.82, 2.24) is 0 Å². The van der Waals surface area contributed by atoms with Gasteiger partial charge in [-0.2, -0.15) is 0 Å². The predicted octanol–water partition coefficient (Wildman–Crippen LogP) is 0.332. The van der Waals surface area contributed by atoms with Crippen molar-refractivity contribution in [2.75, 3.05) is 0 Å². The molecule has 0 rings (SSSR count). The highest BCUT2D eigenvalue weighted by Gasteiger charge is 2.08. The monoisotopic (exact) mass is 162 g/mol. The Balaban J connectivity index is 3.80. The van der Waals surface area contributed by atoms with Crippen LogP contribution in [-0.4, -0.2) is 11.9 Å². The number of rotatable bonds is 3. The number of carbonyl (C=O) groups excluding carboxylic acids is 1. The van der Waals surface area contributed by atoms with Gasteiger partial charge in [-0.25, -0.2) is 0 Å². The molecule has 1 unspecified atom stereocenters. The van der Waals surface area contributed by atoms with Gasteiger partial charge in [0.15, 0.2) is 0 Å². The van der Waals surface area contributed by atoms with Crippen LogP contribution >= 0.6 is 11.6 Å². The van der Waals surface area contributed by atoms with E-state index in [4.69, 9.17) is 23.1 Å². The highest BCUT2D eigenvalue weighted by molar-refractivity contribution is 6.25. The lowest BCUT2D eigenvalue weighted by molar-refractivity contribution is -0.119. The topological polar surface area (TPSA) is 69.1 Å². The molecule has 0 radical (unpaired) electrons. The molecule has 4 heteroatoms. The van der Waals surface area contributed by atoms with Gasteiger partial charge in [-0.1, -0.05) is 17.2 Å². The van der Waals surface area contributed by atoms with E-state index in [1.807, 2.05) is 0 Å². The molecule has 0 heterocycles. The molecule has 58 valence electrons. The van der Waals surface area contributed by atoms with E-state index in [0.717, 1.165) is 5.57 Å². The van der Waals surface area contributed by atoms with E-state index in [1.54, 1.807) is 6.92 Å². The zero-order valence-electron chi connectivity index (χ0n) is 5.80. The van der Waals surface area contributed by atoms with Crippen LogP contribution in [0.4, 0.5) is 0 Å². The summed E-state index contributed by atoms with van der Waals surface area (Å²) >= 11 is 5.33. The van der Waals surface area contributed by atoms with Crippen LogP contribution in [0.1, 0.15) is 13.3 Å². The van der Waals surface area contributed by atoms with E-state index >= 15 is 0 Å². The Kier molecular flexibility index (Phi) is 4.07. The van der Waals surface area contributed by atoms with Gasteiger partial charge in [0, 0.05) is 5.54 Å². The van der Waals surface area contributed by atoms with Crippen LogP contribution in [0, 0.1) is 0 Å². The van der Waals surface area contributed by atoms with Crippen molar-refractivity contribution in [2.24, 2.45) is 11.5 Å². The van der Waals surface area contributed by atoms with Crippen molar-refractivity contribution in [3.05, 3.63) is 11.1 Å². The fraction of sp³-hybridized carbons (Fsp3) is 0.500. The minimum atomic E-state index is -0.616. The number of nitrogens with two attached hydrogens (primary N) is 2. The Hall–Kier alpha value is -0.540. The summed E-state index contributed by atoms with van der Waals surface area (Å²) in [5, 5.41) is 0. The van der Waals surface area contributed by atoms with Crippen molar-refractivity contribution in [3.63, 3.8) is 0 Å². The molecule has 0 aromatic carbocycles. The zero-order valence-corrected chi connectivity index (χ0v) is 6.56. The molecular weight excluding hydrogens is 152 g/mol. The minimum Gasteiger partial charge on any atom is -0.368 e. The summed E-state index contributed by atoms with van der Waals surface area (Å²) in [6.07, 6.45) is 0.429. The first kappa shape index (κ1) is 9.46. The van der Waals surface area contributed by atoms with Gasteiger partial charge < -0.3 is 11.5 Å². The first-order chi connectivity index (χ1) is 4.57. The fourth-order valence-electron chi connectivity index (χ4n) is 0.492. The zero-order chi connectivity index (χ0) is 8.15. The lowest BCUT2D eigenvalue weighted by Crippen LogP contribution is -2.36. The Morgan fingerprint density at radius 1 is 1.80 bits per heavy atom. The fourth-order valence-corrected chi connectivity index (χ4v) is 0.581. The maximum atomic E-state index is 10.4. The predicted molar refractivity (Wildman–Crippen MR) is 41.4 cm³/mol. The molecule has 0 spiro atoms. The maximum absolute atomic E-state index is 10.4. The summed E-state index contributed by atoms with van der Waals surface area (Å²) in [5.41, 5.74) is 12.5. The molecule has 0 aliphatic carbocycles. The molecule has 1 amide bonds. The molecule has 0 fully saturated rings. The highest BCUT2D eigenvalue weighted by Crippen LogP contribution is 2.03. The second kappa shape index (κ2) is 4.30. The number of hydrogen-bond acceptors (Lipinski definition) is 2. The van der Waals surface area contributed by atoms with Crippen LogP contribution < -0.4 is 11.5 Å². The average Bonchev–Trinajstić information content (AvgIpc) is 1.87. The molecule has 10 heavy (non-hydrogen) atoms. The number of carbonyl (C=O) groups is 1. The number of halogens is 1. The molecule has 3 nitrogen and oxygen atoms in total. The second-order valence-electron chi connectivity index (χ2n) is 2.17. The Morgan fingerprint density at radius 2 is 2.30 bits per heavy atom. The summed E-state index contributed by atoms with van der Waals surface area (Å²) in [7, 11) is 0. The van der Waals surface area contributed by atoms with E-state index in [1.165, 1.54) is 5.54 Å². The first-order valence-electron chi connectivity index (χ1n) is 2.88. The van der Waals surface area contributed by atoms with Gasteiger partial charge in [-0.15, -0.1) is 0 Å². The van der Waals surface area contributed by atoms with Crippen molar-refractivity contribution in [2.45, 2.75) is 19.4 Å². The lowest BCUT2D eigenvalue weighted by Gasteiger charge is -2.05. The van der Waals surface area contributed by atoms with Crippen LogP contribution in [0.3, 0.4) is 0 Å². The normalized spacial score (nSPS) is 14.9. The van der Waals surface area contributed by atoms with Gasteiger partial charge in [-0.05, 0) is 13.3 Å². The Morgan fingerprint density at radius 3 is 2.60 bits per heavy atom. The summed E-state index contributed by atoms with van der Waals surface area (Å²) < 4.78 is 0. The summed E-state index contributed by atoms with van der Waals surface area (Å²) in [4.78, 5) is 10.4. The summed E-state index contributed by atoms with van der Waals surface area (Å²) in [6, 6.07) is -0.616. The SMILES string of the molecule is CC(=CCl)CC(N)C(N)=O. The van der Waals surface area contributed by atoms with Gasteiger partial charge in [0.05, 0.1) is 6.04 Å². The van der Waals surface area contributed by atoms with E-state index in [9.17, 15) is 4.79 Å². The van der Waals surface area contributed by atoms with Gasteiger partial charge in [-0.3, -0.25) is 4.79 Å². The molecule has 1 atom stereocenters. The molecule has 0 aliphatic rings. The molecule has 0 saturated heterocycles. The van der Waals surface area contributed by atoms with Crippen LogP contribution in [-0.2, 0) is 4.79 Å². The van der Waals surface area contributed by atoms with Crippen molar-refractivity contribution in [1.29, 1.82) is 0 Å². The largest absolute Gasteiger partial charge is 0.368 e. The number of amides is 1. The molecular formula is C6H11ClN2O. The summed E-state index contributed by atoms with van der Waals surface area (Å²) in [6.45, 7) is 1.79. The van der Waals surface area contributed by atoms with Crippen LogP contribution in [0.2, 0.25) is 0 Å². The third-order valence-electron chi connectivity index (χ3n) is 1.09. The molecule has 0 aromatic heterocycles. The maximum Gasteiger partial charge on any atom is 0.234 e. The van der Waals surface area contributed by atoms with Crippen molar-refractivity contribution in [3.8, 4) is 0 Å². The van der Waals surface area contributed by atoms with Crippen LogP contribution in [0.25, 0.3) is 0 Å². The van der Waals surface area contributed by atoms with E-state index < -0.39 is 11.9 Å². The first-order valence-corrected chi connectivity index (χ1v) is 3.32. The van der Waals surface area contributed by atoms with E-state index in [-0.39, 0.29) is 0 Å². The highest BCUT2D eigenvalue weighted by atomic mass is 35.5. The molecule has 0 saturated carbocycles. The standard InChI is InChI=1S/C6H11ClN2O/c1-4(3-7)2-5(8)6(9)10/h3,5H,2,8H2,1H3,(H2,9,10). The third kappa shape index (κ3) is 3.48. The van der Waals surface area contributed by atoms with Gasteiger partial charge in [0.25, 0.3) is 0 Å². The number of primary amides is 1. The Labute approximate surface area is 65.0 Å². The molecule has 4 N–H and O–H groups in total. The molecule has 0 bridgehead atoms. The van der Waals surface area contributed by atoms with Crippen LogP contribution in [0.15, 0.2) is 11.1 Å². The smallest absolute Gasteiger partial charge is 0.234 e. The third-order valence-corrected chi connectivity index (χ3v) is 1.47. The van der Waals surface area contributed by atoms with Crippen molar-refractivity contribution < 1.29 is 4.79 Å². The summed E-state index contributed by atoms with van der Waals surface area (Å²) in [5.74, 6) is -0.502. The average molecular weight is 163 g/mol. The van der Waals surface area contributed by atoms with E-state index in [0.29, 0.717) is 6.42 Å². The second-order valence-corrected chi connectivity index (χ2v) is 2.39. The lowest BCUT2D eigenvalue weighted by atomic mass is 10.1. The minimum absolute atomic E-state index is 0.429. The quantitative estimate of drug-likeness (QED) is 0.628.